The fourth-order valence-electron chi connectivity index (χ4n) is 1.66. The Morgan fingerprint density at radius 2 is 2.11 bits per heavy atom. The van der Waals surface area contributed by atoms with E-state index in [0.29, 0.717) is 12.2 Å². The molecule has 0 radical (unpaired) electrons. The van der Waals surface area contributed by atoms with Crippen LogP contribution in [-0.2, 0) is 17.6 Å². The molecular formula is C13H14N2O3. The molecule has 1 aromatic heterocycles. The smallest absolute Gasteiger partial charge is 0.312 e. The van der Waals surface area contributed by atoms with Gasteiger partial charge >= 0.3 is 5.97 Å². The highest BCUT2D eigenvalue weighted by Gasteiger charge is 2.10. The molecule has 18 heavy (non-hydrogen) atoms. The zero-order valence-corrected chi connectivity index (χ0v) is 10.3. The minimum atomic E-state index is -0.976. The lowest BCUT2D eigenvalue weighted by Gasteiger charge is -2.02. The van der Waals surface area contributed by atoms with E-state index >= 15 is 0 Å². The normalized spacial score (nSPS) is 10.6. The maximum atomic E-state index is 10.5. The zero-order chi connectivity index (χ0) is 13.1. The van der Waals surface area contributed by atoms with E-state index in [0.717, 1.165) is 5.56 Å². The van der Waals surface area contributed by atoms with E-state index in [4.69, 9.17) is 9.63 Å². The summed E-state index contributed by atoms with van der Waals surface area (Å²) in [5.74, 6) is -0.327. The fraction of sp³-hybridized carbons (Fsp3) is 0.308. The number of rotatable bonds is 4. The third-order valence-electron chi connectivity index (χ3n) is 2.75. The first-order valence-electron chi connectivity index (χ1n) is 5.64. The van der Waals surface area contributed by atoms with E-state index in [2.05, 4.69) is 23.1 Å². The van der Waals surface area contributed by atoms with Crippen molar-refractivity contribution in [2.24, 2.45) is 0 Å². The summed E-state index contributed by atoms with van der Waals surface area (Å²) in [4.78, 5) is 14.5. The number of aromatic nitrogens is 2. The molecule has 1 heterocycles. The van der Waals surface area contributed by atoms with E-state index in [1.54, 1.807) is 0 Å². The van der Waals surface area contributed by atoms with Gasteiger partial charge in [-0.3, -0.25) is 4.79 Å². The molecular weight excluding hydrogens is 232 g/mol. The van der Waals surface area contributed by atoms with Gasteiger partial charge in [0.1, 0.15) is 6.42 Å². The average Bonchev–Trinajstić information content (AvgIpc) is 2.70. The monoisotopic (exact) mass is 246 g/mol. The van der Waals surface area contributed by atoms with Crippen molar-refractivity contribution in [1.82, 2.24) is 10.1 Å². The van der Waals surface area contributed by atoms with Crippen LogP contribution in [0.1, 0.15) is 28.4 Å². The molecule has 2 aromatic rings. The van der Waals surface area contributed by atoms with Gasteiger partial charge in [-0.15, -0.1) is 0 Å². The van der Waals surface area contributed by atoms with E-state index in [1.807, 2.05) is 19.1 Å². The number of nitrogens with zero attached hydrogens (tertiary/aromatic N) is 2. The van der Waals surface area contributed by atoms with Gasteiger partial charge in [0.05, 0.1) is 0 Å². The van der Waals surface area contributed by atoms with Crippen LogP contribution >= 0.6 is 0 Å². The second kappa shape index (κ2) is 5.00. The Hall–Kier alpha value is -2.17. The molecule has 1 aromatic carbocycles. The summed E-state index contributed by atoms with van der Waals surface area (Å²) >= 11 is 0. The van der Waals surface area contributed by atoms with Gasteiger partial charge in [-0.1, -0.05) is 23.4 Å². The van der Waals surface area contributed by atoms with Crippen molar-refractivity contribution in [3.8, 4) is 0 Å². The van der Waals surface area contributed by atoms with Crippen LogP contribution in [0.3, 0.4) is 0 Å². The predicted octanol–water partition coefficient (Wildman–Crippen LogP) is 1.90. The number of hydrogen-bond acceptors (Lipinski definition) is 4. The third kappa shape index (κ3) is 2.94. The summed E-state index contributed by atoms with van der Waals surface area (Å²) in [6.07, 6.45) is 0.310. The van der Waals surface area contributed by atoms with Gasteiger partial charge in [-0.05, 0) is 30.5 Å². The number of aryl methyl sites for hydroxylation is 2. The standard InChI is InChI=1S/C13H14N2O3/c1-8-3-4-10(5-9(8)2)6-11-14-12(18-15-11)7-13(16)17/h3-5H,6-7H2,1-2H3,(H,16,17). The molecule has 0 bridgehead atoms. The highest BCUT2D eigenvalue weighted by atomic mass is 16.5. The zero-order valence-electron chi connectivity index (χ0n) is 10.3. The SMILES string of the molecule is Cc1ccc(Cc2noc(CC(=O)O)n2)cc1C. The summed E-state index contributed by atoms with van der Waals surface area (Å²) in [6.45, 7) is 4.10. The minimum Gasteiger partial charge on any atom is -0.481 e. The Kier molecular flexibility index (Phi) is 3.41. The van der Waals surface area contributed by atoms with Crippen molar-refractivity contribution in [2.45, 2.75) is 26.7 Å². The minimum absolute atomic E-state index is 0.140. The lowest BCUT2D eigenvalue weighted by molar-refractivity contribution is -0.136. The number of carboxylic acid groups (broad SMARTS) is 1. The first kappa shape index (κ1) is 12.3. The molecule has 0 saturated carbocycles. The maximum Gasteiger partial charge on any atom is 0.312 e. The second-order valence-corrected chi connectivity index (χ2v) is 4.27. The van der Waals surface area contributed by atoms with Gasteiger partial charge in [0.25, 0.3) is 0 Å². The lowest BCUT2D eigenvalue weighted by Crippen LogP contribution is -2.00. The summed E-state index contributed by atoms with van der Waals surface area (Å²) in [7, 11) is 0. The molecule has 0 spiro atoms. The van der Waals surface area contributed by atoms with E-state index in [1.165, 1.54) is 11.1 Å². The first-order valence-corrected chi connectivity index (χ1v) is 5.64. The van der Waals surface area contributed by atoms with Gasteiger partial charge in [-0.25, -0.2) is 0 Å². The molecule has 0 saturated heterocycles. The molecule has 94 valence electrons. The largest absolute Gasteiger partial charge is 0.481 e. The molecule has 0 aliphatic rings. The van der Waals surface area contributed by atoms with Gasteiger partial charge in [-0.2, -0.15) is 4.98 Å². The Balaban J connectivity index is 2.11. The quantitative estimate of drug-likeness (QED) is 0.891. The Labute approximate surface area is 104 Å². The molecule has 5 heteroatoms. The molecule has 2 rings (SSSR count). The third-order valence-corrected chi connectivity index (χ3v) is 2.75. The van der Waals surface area contributed by atoms with Crippen molar-refractivity contribution in [3.63, 3.8) is 0 Å². The van der Waals surface area contributed by atoms with E-state index < -0.39 is 5.97 Å². The molecule has 0 atom stereocenters. The number of aliphatic carboxylic acids is 1. The molecule has 0 aliphatic heterocycles. The van der Waals surface area contributed by atoms with Crippen molar-refractivity contribution in [2.75, 3.05) is 0 Å². The van der Waals surface area contributed by atoms with E-state index in [-0.39, 0.29) is 12.3 Å². The van der Waals surface area contributed by atoms with Crippen LogP contribution in [0.5, 0.6) is 0 Å². The topological polar surface area (TPSA) is 76.2 Å². The summed E-state index contributed by atoms with van der Waals surface area (Å²) in [5, 5.41) is 12.4. The molecule has 0 unspecified atom stereocenters. The van der Waals surface area contributed by atoms with Crippen LogP contribution in [0.2, 0.25) is 0 Å². The Morgan fingerprint density at radius 1 is 1.33 bits per heavy atom. The van der Waals surface area contributed by atoms with Crippen molar-refractivity contribution >= 4 is 5.97 Å². The Bertz CT molecular complexity index is 575. The maximum absolute atomic E-state index is 10.5. The number of benzene rings is 1. The van der Waals surface area contributed by atoms with Gasteiger partial charge < -0.3 is 9.63 Å². The first-order chi connectivity index (χ1) is 8.54. The van der Waals surface area contributed by atoms with Gasteiger partial charge in [0, 0.05) is 6.42 Å². The van der Waals surface area contributed by atoms with Crippen LogP contribution in [-0.4, -0.2) is 21.2 Å². The van der Waals surface area contributed by atoms with Crippen LogP contribution in [0.15, 0.2) is 22.7 Å². The van der Waals surface area contributed by atoms with Crippen molar-refractivity contribution < 1.29 is 14.4 Å². The number of hydrogen-bond donors (Lipinski definition) is 1. The highest BCUT2D eigenvalue weighted by molar-refractivity contribution is 5.68. The summed E-state index contributed by atoms with van der Waals surface area (Å²) < 4.78 is 4.86. The molecule has 5 nitrogen and oxygen atoms in total. The molecule has 0 fully saturated rings. The van der Waals surface area contributed by atoms with Crippen LogP contribution < -0.4 is 0 Å². The second-order valence-electron chi connectivity index (χ2n) is 4.27. The van der Waals surface area contributed by atoms with Gasteiger partial charge in [0.15, 0.2) is 5.82 Å². The molecule has 1 N–H and O–H groups in total. The van der Waals surface area contributed by atoms with Crippen LogP contribution in [0, 0.1) is 13.8 Å². The van der Waals surface area contributed by atoms with Gasteiger partial charge in [0.2, 0.25) is 5.89 Å². The summed E-state index contributed by atoms with van der Waals surface area (Å²) in [6, 6.07) is 6.13. The average molecular weight is 246 g/mol. The number of carbonyl (C=O) groups is 1. The molecule has 0 amide bonds. The van der Waals surface area contributed by atoms with Crippen molar-refractivity contribution in [3.05, 3.63) is 46.6 Å². The van der Waals surface area contributed by atoms with Crippen LogP contribution in [0.25, 0.3) is 0 Å². The summed E-state index contributed by atoms with van der Waals surface area (Å²) in [5.41, 5.74) is 3.53. The van der Waals surface area contributed by atoms with Crippen LogP contribution in [0.4, 0.5) is 0 Å². The number of carboxylic acids is 1. The fourth-order valence-corrected chi connectivity index (χ4v) is 1.66. The Morgan fingerprint density at radius 3 is 2.78 bits per heavy atom. The molecule has 0 aliphatic carbocycles. The lowest BCUT2D eigenvalue weighted by atomic mass is 10.0. The predicted molar refractivity (Wildman–Crippen MR) is 64.4 cm³/mol. The van der Waals surface area contributed by atoms with Crippen molar-refractivity contribution in [1.29, 1.82) is 0 Å². The van der Waals surface area contributed by atoms with E-state index in [9.17, 15) is 4.79 Å². The highest BCUT2D eigenvalue weighted by Crippen LogP contribution is 2.12.